The Balaban J connectivity index is 1.33. The molecule has 0 aliphatic heterocycles. The molecule has 4 aromatic rings. The van der Waals surface area contributed by atoms with E-state index in [1.165, 1.54) is 17.3 Å². The van der Waals surface area contributed by atoms with Crippen molar-refractivity contribution < 1.29 is 4.79 Å². The van der Waals surface area contributed by atoms with Crippen LogP contribution in [0.15, 0.2) is 67.3 Å². The van der Waals surface area contributed by atoms with Crippen molar-refractivity contribution in [3.05, 3.63) is 84.2 Å². The van der Waals surface area contributed by atoms with Crippen molar-refractivity contribution in [1.29, 1.82) is 0 Å². The van der Waals surface area contributed by atoms with E-state index in [9.17, 15) is 4.79 Å². The van der Waals surface area contributed by atoms with Gasteiger partial charge in [-0.2, -0.15) is 0 Å². The predicted molar refractivity (Wildman–Crippen MR) is 108 cm³/mol. The first kappa shape index (κ1) is 17.7. The lowest BCUT2D eigenvalue weighted by Crippen LogP contribution is -2.24. The third kappa shape index (κ3) is 4.15. The summed E-state index contributed by atoms with van der Waals surface area (Å²) < 4.78 is 0. The molecule has 0 fully saturated rings. The molecule has 0 unspecified atom stereocenters. The van der Waals surface area contributed by atoms with E-state index >= 15 is 0 Å². The van der Waals surface area contributed by atoms with Crippen LogP contribution in [0.1, 0.15) is 21.7 Å². The van der Waals surface area contributed by atoms with Gasteiger partial charge in [-0.25, -0.2) is 9.97 Å². The van der Waals surface area contributed by atoms with E-state index in [-0.39, 0.29) is 5.91 Å². The summed E-state index contributed by atoms with van der Waals surface area (Å²) in [5.74, 6) is 0.366. The number of pyridine rings is 1. The lowest BCUT2D eigenvalue weighted by atomic mass is 10.1. The third-order valence-electron chi connectivity index (χ3n) is 4.43. The molecule has 0 aliphatic carbocycles. The minimum Gasteiger partial charge on any atom is -0.370 e. The topological polar surface area (TPSA) is 95.6 Å². The molecule has 0 spiro atoms. The quantitative estimate of drug-likeness (QED) is 0.464. The number of nitrogens with one attached hydrogen (secondary N) is 3. The highest BCUT2D eigenvalue weighted by Crippen LogP contribution is 2.18. The maximum atomic E-state index is 12.3. The van der Waals surface area contributed by atoms with Crippen LogP contribution in [-0.2, 0) is 13.0 Å². The van der Waals surface area contributed by atoms with Crippen LogP contribution in [0.5, 0.6) is 0 Å². The van der Waals surface area contributed by atoms with E-state index in [1.807, 2.05) is 36.5 Å². The van der Waals surface area contributed by atoms with Crippen molar-refractivity contribution in [2.45, 2.75) is 13.0 Å². The highest BCUT2D eigenvalue weighted by atomic mass is 16.1. The summed E-state index contributed by atoms with van der Waals surface area (Å²) in [6.45, 7) is 1.06. The van der Waals surface area contributed by atoms with Crippen molar-refractivity contribution in [3.63, 3.8) is 0 Å². The van der Waals surface area contributed by atoms with E-state index in [4.69, 9.17) is 0 Å². The number of amides is 1. The molecule has 3 heterocycles. The van der Waals surface area contributed by atoms with Gasteiger partial charge in [0.15, 0.2) is 0 Å². The number of rotatable bonds is 7. The van der Waals surface area contributed by atoms with E-state index in [0.29, 0.717) is 24.6 Å². The number of hydrogen-bond donors (Lipinski definition) is 3. The van der Waals surface area contributed by atoms with Gasteiger partial charge in [0.2, 0.25) is 0 Å². The number of benzene rings is 1. The summed E-state index contributed by atoms with van der Waals surface area (Å²) >= 11 is 0. The first-order chi connectivity index (χ1) is 13.8. The molecule has 0 saturated heterocycles. The summed E-state index contributed by atoms with van der Waals surface area (Å²) in [5.41, 5.74) is 3.49. The number of H-pyrrole nitrogens is 1. The van der Waals surface area contributed by atoms with Crippen LogP contribution in [0.2, 0.25) is 0 Å². The number of carbonyl (C=O) groups excluding carboxylic acids is 1. The Labute approximate surface area is 162 Å². The van der Waals surface area contributed by atoms with Gasteiger partial charge < -0.3 is 15.6 Å². The van der Waals surface area contributed by atoms with Crippen LogP contribution in [0.4, 0.5) is 5.82 Å². The van der Waals surface area contributed by atoms with Crippen LogP contribution in [-0.4, -0.2) is 32.4 Å². The molecule has 0 radical (unpaired) electrons. The van der Waals surface area contributed by atoms with Gasteiger partial charge in [-0.1, -0.05) is 24.3 Å². The molecule has 3 N–H and O–H groups in total. The molecule has 3 aromatic heterocycles. The van der Waals surface area contributed by atoms with Crippen molar-refractivity contribution in [3.8, 4) is 0 Å². The Kier molecular flexibility index (Phi) is 5.24. The summed E-state index contributed by atoms with van der Waals surface area (Å²) in [6, 6.07) is 15.5. The Morgan fingerprint density at radius 3 is 2.82 bits per heavy atom. The monoisotopic (exact) mass is 372 g/mol. The Hall–Kier alpha value is -3.74. The Morgan fingerprint density at radius 2 is 1.93 bits per heavy atom. The number of nitrogens with zero attached hydrogens (tertiary/aromatic N) is 3. The first-order valence-corrected chi connectivity index (χ1v) is 9.08. The molecule has 1 amide bonds. The zero-order valence-electron chi connectivity index (χ0n) is 15.2. The normalized spacial score (nSPS) is 10.7. The minimum absolute atomic E-state index is 0.257. The van der Waals surface area contributed by atoms with Crippen molar-refractivity contribution in [2.75, 3.05) is 11.9 Å². The lowest BCUT2D eigenvalue weighted by molar-refractivity contribution is 0.0945. The van der Waals surface area contributed by atoms with Gasteiger partial charge in [0.1, 0.15) is 17.8 Å². The molecule has 28 heavy (non-hydrogen) atoms. The molecule has 1 aromatic carbocycles. The largest absolute Gasteiger partial charge is 0.370 e. The fourth-order valence-corrected chi connectivity index (χ4v) is 3.01. The molecule has 0 atom stereocenters. The average molecular weight is 372 g/mol. The van der Waals surface area contributed by atoms with Gasteiger partial charge in [0, 0.05) is 35.9 Å². The average Bonchev–Trinajstić information content (AvgIpc) is 3.16. The first-order valence-electron chi connectivity index (χ1n) is 9.08. The second kappa shape index (κ2) is 8.30. The number of para-hydroxylation sites is 1. The summed E-state index contributed by atoms with van der Waals surface area (Å²) in [7, 11) is 0. The molecule has 7 heteroatoms. The molecule has 7 nitrogen and oxygen atoms in total. The predicted octanol–water partition coefficient (Wildman–Crippen LogP) is 2.94. The number of hydrogen-bond acceptors (Lipinski definition) is 5. The number of aromatic amines is 1. The van der Waals surface area contributed by atoms with Crippen LogP contribution in [0, 0.1) is 0 Å². The minimum atomic E-state index is -0.257. The molecule has 0 aliphatic rings. The lowest BCUT2D eigenvalue weighted by Gasteiger charge is -2.07. The van der Waals surface area contributed by atoms with Crippen LogP contribution < -0.4 is 10.6 Å². The Morgan fingerprint density at radius 1 is 1.04 bits per heavy atom. The number of anilines is 1. The summed E-state index contributed by atoms with van der Waals surface area (Å²) in [6.07, 6.45) is 5.96. The van der Waals surface area contributed by atoms with Crippen molar-refractivity contribution in [1.82, 2.24) is 25.3 Å². The zero-order valence-corrected chi connectivity index (χ0v) is 15.2. The summed E-state index contributed by atoms with van der Waals surface area (Å²) in [4.78, 5) is 28.0. The zero-order chi connectivity index (χ0) is 19.2. The molecular weight excluding hydrogens is 352 g/mol. The van der Waals surface area contributed by atoms with E-state index in [1.54, 1.807) is 12.3 Å². The highest BCUT2D eigenvalue weighted by Gasteiger charge is 2.09. The second-order valence-corrected chi connectivity index (χ2v) is 6.33. The van der Waals surface area contributed by atoms with Gasteiger partial charge in [0.25, 0.3) is 5.91 Å². The third-order valence-corrected chi connectivity index (χ3v) is 4.43. The second-order valence-electron chi connectivity index (χ2n) is 6.33. The molecule has 0 saturated carbocycles. The highest BCUT2D eigenvalue weighted by molar-refractivity contribution is 5.92. The molecule has 4 rings (SSSR count). The smallest absolute Gasteiger partial charge is 0.270 e. The van der Waals surface area contributed by atoms with E-state index in [2.05, 4.69) is 42.7 Å². The van der Waals surface area contributed by atoms with Gasteiger partial charge in [-0.15, -0.1) is 0 Å². The Bertz CT molecular complexity index is 1080. The number of aromatic nitrogens is 4. The van der Waals surface area contributed by atoms with Crippen molar-refractivity contribution in [2.24, 2.45) is 0 Å². The van der Waals surface area contributed by atoms with Gasteiger partial charge in [-0.3, -0.25) is 9.78 Å². The fourth-order valence-electron chi connectivity index (χ4n) is 3.01. The van der Waals surface area contributed by atoms with Gasteiger partial charge >= 0.3 is 0 Å². The number of carbonyl (C=O) groups is 1. The molecule has 140 valence electrons. The standard InChI is InChI=1S/C21H20N6O/c28-21(25-13-16-5-3-4-9-22-16)19-11-20(27-14-26-19)23-10-8-15-12-24-18-7-2-1-6-17(15)18/h1-7,9,11-12,14,24H,8,10,13H2,(H,25,28)(H,23,26,27). The van der Waals surface area contributed by atoms with Crippen LogP contribution in [0.25, 0.3) is 10.9 Å². The van der Waals surface area contributed by atoms with Gasteiger partial charge in [-0.05, 0) is 30.2 Å². The van der Waals surface area contributed by atoms with Crippen LogP contribution in [0.3, 0.4) is 0 Å². The van der Waals surface area contributed by atoms with Crippen LogP contribution >= 0.6 is 0 Å². The molecule has 0 bridgehead atoms. The maximum Gasteiger partial charge on any atom is 0.270 e. The molecular formula is C21H20N6O. The van der Waals surface area contributed by atoms with Gasteiger partial charge in [0.05, 0.1) is 12.2 Å². The SMILES string of the molecule is O=C(NCc1ccccn1)c1cc(NCCc2c[nH]c3ccccc23)ncn1. The van der Waals surface area contributed by atoms with E-state index in [0.717, 1.165) is 17.6 Å². The fraction of sp³-hybridized carbons (Fsp3) is 0.143. The maximum absolute atomic E-state index is 12.3. The summed E-state index contributed by atoms with van der Waals surface area (Å²) in [5, 5.41) is 7.30. The van der Waals surface area contributed by atoms with E-state index < -0.39 is 0 Å². The number of fused-ring (bicyclic) bond motifs is 1. The van der Waals surface area contributed by atoms with Crippen molar-refractivity contribution >= 4 is 22.6 Å².